The van der Waals surface area contributed by atoms with E-state index in [-0.39, 0.29) is 23.4 Å². The summed E-state index contributed by atoms with van der Waals surface area (Å²) in [6, 6.07) is 10.1. The summed E-state index contributed by atoms with van der Waals surface area (Å²) in [5.74, 6) is -0.854. The zero-order valence-electron chi connectivity index (χ0n) is 14.4. The highest BCUT2D eigenvalue weighted by atomic mass is 32.2. The van der Waals surface area contributed by atoms with Crippen molar-refractivity contribution in [2.75, 3.05) is 0 Å². The fraction of sp³-hybridized carbons (Fsp3) is 0.316. The summed E-state index contributed by atoms with van der Waals surface area (Å²) in [5.41, 5.74) is -0.0549. The van der Waals surface area contributed by atoms with Gasteiger partial charge >= 0.3 is 0 Å². The minimum Gasteiger partial charge on any atom is -0.393 e. The van der Waals surface area contributed by atoms with Gasteiger partial charge in [0.1, 0.15) is 5.82 Å². The van der Waals surface area contributed by atoms with Crippen LogP contribution in [0.1, 0.15) is 36.0 Å². The lowest BCUT2D eigenvalue weighted by molar-refractivity contribution is -0.384. The van der Waals surface area contributed by atoms with Crippen LogP contribution in [0.15, 0.2) is 52.3 Å². The fourth-order valence-corrected chi connectivity index (χ4v) is 3.97. The van der Waals surface area contributed by atoms with Crippen LogP contribution in [0.2, 0.25) is 0 Å². The molecule has 8 heteroatoms. The van der Waals surface area contributed by atoms with E-state index in [0.29, 0.717) is 35.5 Å². The molecule has 1 aliphatic carbocycles. The smallest absolute Gasteiger partial charge is 0.270 e. The first-order valence-electron chi connectivity index (χ1n) is 8.64. The van der Waals surface area contributed by atoms with Gasteiger partial charge in [-0.1, -0.05) is 23.9 Å². The van der Waals surface area contributed by atoms with Gasteiger partial charge in [-0.2, -0.15) is 0 Å². The number of amides is 1. The van der Waals surface area contributed by atoms with E-state index in [1.807, 2.05) is 0 Å². The highest BCUT2D eigenvalue weighted by Crippen LogP contribution is 2.34. The second kappa shape index (κ2) is 8.49. The standard InChI is InChI=1S/C19H19FN2O4S/c20-16-3-1-2-4-18(16)27-17-10-7-13(22(25)26)11-15(17)19(24)21-12-5-8-14(23)9-6-12/h1-4,7,10-12,14,23H,5-6,8-9H2,(H,21,24). The highest BCUT2D eigenvalue weighted by Gasteiger charge is 2.24. The SMILES string of the molecule is O=C(NC1CCC(O)CC1)c1cc([N+](=O)[O-])ccc1Sc1ccccc1F. The molecule has 0 bridgehead atoms. The van der Waals surface area contributed by atoms with Crippen LogP contribution < -0.4 is 5.32 Å². The summed E-state index contributed by atoms with van der Waals surface area (Å²) >= 11 is 1.05. The van der Waals surface area contributed by atoms with Crippen molar-refractivity contribution in [2.45, 2.75) is 47.6 Å². The second-order valence-corrected chi connectivity index (χ2v) is 7.53. The van der Waals surface area contributed by atoms with Crippen LogP contribution >= 0.6 is 11.8 Å². The molecule has 1 saturated carbocycles. The number of nitrogens with one attached hydrogen (secondary N) is 1. The van der Waals surface area contributed by atoms with Crippen LogP contribution in [-0.2, 0) is 0 Å². The molecule has 0 atom stereocenters. The zero-order valence-corrected chi connectivity index (χ0v) is 15.2. The number of aliphatic hydroxyl groups excluding tert-OH is 1. The molecular weight excluding hydrogens is 371 g/mol. The number of halogens is 1. The third-order valence-corrected chi connectivity index (χ3v) is 5.63. The number of carbonyl (C=O) groups is 1. The number of nitrogens with zero attached hydrogens (tertiary/aromatic N) is 1. The highest BCUT2D eigenvalue weighted by molar-refractivity contribution is 7.99. The molecule has 1 fully saturated rings. The second-order valence-electron chi connectivity index (χ2n) is 6.45. The van der Waals surface area contributed by atoms with Gasteiger partial charge in [-0.25, -0.2) is 4.39 Å². The minimum absolute atomic E-state index is 0.0912. The maximum absolute atomic E-state index is 14.0. The van der Waals surface area contributed by atoms with Gasteiger partial charge < -0.3 is 10.4 Å². The van der Waals surface area contributed by atoms with Gasteiger partial charge in [0.05, 0.1) is 16.6 Å². The lowest BCUT2D eigenvalue weighted by Gasteiger charge is -2.26. The molecule has 1 aliphatic rings. The molecule has 0 unspecified atom stereocenters. The van der Waals surface area contributed by atoms with Gasteiger partial charge in [0, 0.05) is 28.0 Å². The average molecular weight is 390 g/mol. The Bertz CT molecular complexity index is 853. The van der Waals surface area contributed by atoms with Crippen molar-refractivity contribution in [3.63, 3.8) is 0 Å². The van der Waals surface area contributed by atoms with Crippen molar-refractivity contribution in [2.24, 2.45) is 0 Å². The van der Waals surface area contributed by atoms with Crippen LogP contribution in [0, 0.1) is 15.9 Å². The zero-order chi connectivity index (χ0) is 19.4. The third kappa shape index (κ3) is 4.84. The number of aliphatic hydroxyl groups is 1. The van der Waals surface area contributed by atoms with E-state index >= 15 is 0 Å². The Kier molecular flexibility index (Phi) is 6.08. The van der Waals surface area contributed by atoms with E-state index < -0.39 is 16.6 Å². The molecule has 27 heavy (non-hydrogen) atoms. The topological polar surface area (TPSA) is 92.5 Å². The van der Waals surface area contributed by atoms with Crippen LogP contribution in [0.25, 0.3) is 0 Å². The third-order valence-electron chi connectivity index (χ3n) is 4.51. The molecule has 0 aliphatic heterocycles. The molecule has 0 spiro atoms. The van der Waals surface area contributed by atoms with Crippen molar-refractivity contribution in [3.8, 4) is 0 Å². The van der Waals surface area contributed by atoms with E-state index in [2.05, 4.69) is 5.32 Å². The molecule has 142 valence electrons. The first kappa shape index (κ1) is 19.3. The minimum atomic E-state index is -0.564. The van der Waals surface area contributed by atoms with E-state index in [9.17, 15) is 24.4 Å². The van der Waals surface area contributed by atoms with Crippen molar-refractivity contribution in [3.05, 3.63) is 64.0 Å². The average Bonchev–Trinajstić information content (AvgIpc) is 2.65. The Morgan fingerprint density at radius 2 is 1.85 bits per heavy atom. The molecule has 0 heterocycles. The van der Waals surface area contributed by atoms with Crippen molar-refractivity contribution in [1.29, 1.82) is 0 Å². The molecule has 0 saturated heterocycles. The summed E-state index contributed by atoms with van der Waals surface area (Å²) in [6.45, 7) is 0. The number of carbonyl (C=O) groups excluding carboxylic acids is 1. The molecule has 0 radical (unpaired) electrons. The monoisotopic (exact) mass is 390 g/mol. The molecule has 2 N–H and O–H groups in total. The van der Waals surface area contributed by atoms with E-state index in [1.165, 1.54) is 24.3 Å². The van der Waals surface area contributed by atoms with E-state index in [0.717, 1.165) is 11.8 Å². The largest absolute Gasteiger partial charge is 0.393 e. The molecule has 2 aromatic carbocycles. The van der Waals surface area contributed by atoms with Gasteiger partial charge in [0.25, 0.3) is 11.6 Å². The van der Waals surface area contributed by atoms with Gasteiger partial charge in [-0.05, 0) is 43.9 Å². The Labute approximate surface area is 159 Å². The Hall–Kier alpha value is -2.45. The summed E-state index contributed by atoms with van der Waals surface area (Å²) < 4.78 is 14.0. The van der Waals surface area contributed by atoms with Crippen LogP contribution in [0.3, 0.4) is 0 Å². The van der Waals surface area contributed by atoms with Crippen molar-refractivity contribution in [1.82, 2.24) is 5.32 Å². The van der Waals surface area contributed by atoms with Gasteiger partial charge in [0.15, 0.2) is 0 Å². The molecule has 1 amide bonds. The number of nitro benzene ring substituents is 1. The van der Waals surface area contributed by atoms with Crippen molar-refractivity contribution < 1.29 is 19.2 Å². The number of hydrogen-bond acceptors (Lipinski definition) is 5. The summed E-state index contributed by atoms with van der Waals surface area (Å²) in [5, 5.41) is 23.6. The lowest BCUT2D eigenvalue weighted by atomic mass is 9.93. The molecular formula is C19H19FN2O4S. The maximum atomic E-state index is 14.0. The van der Waals surface area contributed by atoms with Crippen LogP contribution in [0.4, 0.5) is 10.1 Å². The Morgan fingerprint density at radius 3 is 2.52 bits per heavy atom. The van der Waals surface area contributed by atoms with Crippen LogP contribution in [0.5, 0.6) is 0 Å². The number of non-ortho nitro benzene ring substituents is 1. The van der Waals surface area contributed by atoms with Crippen LogP contribution in [-0.4, -0.2) is 28.1 Å². The predicted octanol–water partition coefficient (Wildman–Crippen LogP) is 3.92. The van der Waals surface area contributed by atoms with E-state index in [1.54, 1.807) is 18.2 Å². The molecule has 6 nitrogen and oxygen atoms in total. The summed E-state index contributed by atoms with van der Waals surface area (Å²) in [7, 11) is 0. The molecule has 0 aromatic heterocycles. The lowest BCUT2D eigenvalue weighted by Crippen LogP contribution is -2.38. The summed E-state index contributed by atoms with van der Waals surface area (Å²) in [4.78, 5) is 24.1. The normalized spacial score (nSPS) is 19.5. The maximum Gasteiger partial charge on any atom is 0.270 e. The molecule has 3 rings (SSSR count). The number of benzene rings is 2. The molecule has 2 aromatic rings. The fourth-order valence-electron chi connectivity index (χ4n) is 3.03. The Morgan fingerprint density at radius 1 is 1.15 bits per heavy atom. The number of rotatable bonds is 5. The van der Waals surface area contributed by atoms with E-state index in [4.69, 9.17) is 0 Å². The van der Waals surface area contributed by atoms with Gasteiger partial charge in [-0.3, -0.25) is 14.9 Å². The quantitative estimate of drug-likeness (QED) is 0.596. The first-order valence-corrected chi connectivity index (χ1v) is 9.45. The van der Waals surface area contributed by atoms with Crippen molar-refractivity contribution >= 4 is 23.4 Å². The van der Waals surface area contributed by atoms with Gasteiger partial charge in [0.2, 0.25) is 0 Å². The summed E-state index contributed by atoms with van der Waals surface area (Å²) in [6.07, 6.45) is 2.17. The first-order chi connectivity index (χ1) is 12.9. The van der Waals surface area contributed by atoms with Gasteiger partial charge in [-0.15, -0.1) is 0 Å². The Balaban J connectivity index is 1.86. The predicted molar refractivity (Wildman–Crippen MR) is 99.3 cm³/mol. The number of hydrogen-bond donors (Lipinski definition) is 2. The number of nitro groups is 1.